The molecule has 0 saturated carbocycles. The maximum absolute atomic E-state index is 12.7. The first-order valence-electron chi connectivity index (χ1n) is 7.95. The molecule has 0 unspecified atom stereocenters. The van der Waals surface area contributed by atoms with Crippen molar-refractivity contribution in [3.63, 3.8) is 0 Å². The second-order valence-electron chi connectivity index (χ2n) is 5.77. The summed E-state index contributed by atoms with van der Waals surface area (Å²) < 4.78 is 0. The number of thiophene rings is 1. The maximum Gasteiger partial charge on any atom is 0.249 e. The topological polar surface area (TPSA) is 58.6 Å². The van der Waals surface area contributed by atoms with Gasteiger partial charge < -0.3 is 4.90 Å². The Kier molecular flexibility index (Phi) is 4.97. The lowest BCUT2D eigenvalue weighted by Crippen LogP contribution is -2.35. The Morgan fingerprint density at radius 1 is 1.33 bits per heavy atom. The van der Waals surface area contributed by atoms with Gasteiger partial charge in [0.2, 0.25) is 11.8 Å². The highest BCUT2D eigenvalue weighted by Gasteiger charge is 2.45. The number of rotatable bonds is 5. The van der Waals surface area contributed by atoms with Crippen LogP contribution in [0.4, 0.5) is 5.69 Å². The van der Waals surface area contributed by atoms with Crippen molar-refractivity contribution in [3.8, 4) is 0 Å². The first kappa shape index (κ1) is 16.7. The fourth-order valence-electron chi connectivity index (χ4n) is 2.98. The third kappa shape index (κ3) is 3.20. The minimum atomic E-state index is -0.469. The van der Waals surface area contributed by atoms with E-state index >= 15 is 0 Å². The van der Waals surface area contributed by atoms with Gasteiger partial charge in [0, 0.05) is 17.0 Å². The molecule has 6 heteroatoms. The molecule has 0 spiro atoms. The average Bonchev–Trinajstić information content (AvgIpc) is 3.21. The van der Waals surface area contributed by atoms with Gasteiger partial charge in [0.1, 0.15) is 0 Å². The van der Waals surface area contributed by atoms with Crippen LogP contribution < -0.4 is 10.4 Å². The number of aryl methyl sites for hydroxylation is 1. The van der Waals surface area contributed by atoms with E-state index in [1.54, 1.807) is 23.2 Å². The molecular weight excluding hydrogens is 324 g/mol. The smallest absolute Gasteiger partial charge is 0.249 e. The molecule has 1 N–H and O–H groups in total. The van der Waals surface area contributed by atoms with E-state index in [-0.39, 0.29) is 24.3 Å². The standard InChI is InChI=1S/C18H20N2O3S/c1-3-23-19-18(22)14-11-16(21)20(13-8-6-12(2)7-9-13)17(14)15-5-4-10-24-15/h4-10,14,17H,3,11H2,1-2H3,(H,19,22)/t14-,17+/m1/s1. The van der Waals surface area contributed by atoms with Gasteiger partial charge in [-0.1, -0.05) is 23.8 Å². The van der Waals surface area contributed by atoms with E-state index in [0.717, 1.165) is 16.1 Å². The number of carbonyl (C=O) groups is 2. The third-order valence-electron chi connectivity index (χ3n) is 4.12. The Labute approximate surface area is 145 Å². The Hall–Kier alpha value is -2.18. The number of hydrogen-bond acceptors (Lipinski definition) is 4. The quantitative estimate of drug-likeness (QED) is 0.847. The summed E-state index contributed by atoms with van der Waals surface area (Å²) in [7, 11) is 0. The molecule has 0 bridgehead atoms. The Morgan fingerprint density at radius 3 is 2.71 bits per heavy atom. The van der Waals surface area contributed by atoms with Gasteiger partial charge in [0.25, 0.3) is 0 Å². The van der Waals surface area contributed by atoms with Gasteiger partial charge in [-0.25, -0.2) is 5.48 Å². The van der Waals surface area contributed by atoms with Crippen molar-refractivity contribution in [1.82, 2.24) is 5.48 Å². The van der Waals surface area contributed by atoms with Crippen LogP contribution in [-0.2, 0) is 14.4 Å². The van der Waals surface area contributed by atoms with Crippen LogP contribution in [0, 0.1) is 12.8 Å². The lowest BCUT2D eigenvalue weighted by Gasteiger charge is -2.27. The van der Waals surface area contributed by atoms with Gasteiger partial charge in [-0.15, -0.1) is 11.3 Å². The number of nitrogens with one attached hydrogen (secondary N) is 1. The number of amides is 2. The van der Waals surface area contributed by atoms with Gasteiger partial charge in [-0.3, -0.25) is 14.4 Å². The molecule has 2 heterocycles. The molecule has 0 aliphatic carbocycles. The molecule has 24 heavy (non-hydrogen) atoms. The Balaban J connectivity index is 1.96. The van der Waals surface area contributed by atoms with Gasteiger partial charge in [0.05, 0.1) is 18.6 Å². The van der Waals surface area contributed by atoms with E-state index < -0.39 is 5.92 Å². The van der Waals surface area contributed by atoms with E-state index in [0.29, 0.717) is 6.61 Å². The lowest BCUT2D eigenvalue weighted by atomic mass is 9.98. The fourth-order valence-corrected chi connectivity index (χ4v) is 3.86. The van der Waals surface area contributed by atoms with Crippen LogP contribution in [-0.4, -0.2) is 18.4 Å². The second-order valence-corrected chi connectivity index (χ2v) is 6.75. The summed E-state index contributed by atoms with van der Waals surface area (Å²) >= 11 is 1.55. The predicted molar refractivity (Wildman–Crippen MR) is 93.6 cm³/mol. The maximum atomic E-state index is 12.7. The van der Waals surface area contributed by atoms with E-state index in [1.807, 2.05) is 48.7 Å². The van der Waals surface area contributed by atoms with E-state index in [4.69, 9.17) is 4.84 Å². The van der Waals surface area contributed by atoms with Crippen LogP contribution in [0.25, 0.3) is 0 Å². The monoisotopic (exact) mass is 344 g/mol. The first-order chi connectivity index (χ1) is 11.6. The van der Waals surface area contributed by atoms with Crippen LogP contribution in [0.5, 0.6) is 0 Å². The molecule has 2 atom stereocenters. The Bertz CT molecular complexity index is 712. The van der Waals surface area contributed by atoms with Crippen LogP contribution in [0.1, 0.15) is 29.8 Å². The van der Waals surface area contributed by atoms with Crippen molar-refractivity contribution < 1.29 is 14.4 Å². The lowest BCUT2D eigenvalue weighted by molar-refractivity contribution is -0.138. The number of nitrogens with zero attached hydrogens (tertiary/aromatic N) is 1. The SMILES string of the molecule is CCONC(=O)[C@@H]1CC(=O)N(c2ccc(C)cc2)[C@@H]1c1cccs1. The molecule has 1 aliphatic heterocycles. The first-order valence-corrected chi connectivity index (χ1v) is 8.83. The summed E-state index contributed by atoms with van der Waals surface area (Å²) in [4.78, 5) is 32.9. The van der Waals surface area contributed by atoms with Crippen LogP contribution in [0.15, 0.2) is 41.8 Å². The molecule has 1 fully saturated rings. The van der Waals surface area contributed by atoms with Crippen molar-refractivity contribution in [2.45, 2.75) is 26.3 Å². The van der Waals surface area contributed by atoms with Crippen LogP contribution in [0.2, 0.25) is 0 Å². The molecular formula is C18H20N2O3S. The zero-order valence-corrected chi connectivity index (χ0v) is 14.5. The summed E-state index contributed by atoms with van der Waals surface area (Å²) in [5.41, 5.74) is 4.40. The van der Waals surface area contributed by atoms with Crippen molar-refractivity contribution in [1.29, 1.82) is 0 Å². The third-order valence-corrected chi connectivity index (χ3v) is 5.07. The largest absolute Gasteiger partial charge is 0.303 e. The summed E-state index contributed by atoms with van der Waals surface area (Å²) in [6, 6.07) is 11.4. The second kappa shape index (κ2) is 7.15. The number of anilines is 1. The van der Waals surface area contributed by atoms with E-state index in [9.17, 15) is 9.59 Å². The van der Waals surface area contributed by atoms with Gasteiger partial charge >= 0.3 is 0 Å². The number of benzene rings is 1. The molecule has 5 nitrogen and oxygen atoms in total. The number of carbonyl (C=O) groups excluding carboxylic acids is 2. The van der Waals surface area contributed by atoms with E-state index in [1.165, 1.54) is 0 Å². The zero-order chi connectivity index (χ0) is 17.1. The highest BCUT2D eigenvalue weighted by molar-refractivity contribution is 7.10. The molecule has 2 amide bonds. The van der Waals surface area contributed by atoms with Crippen LogP contribution in [0.3, 0.4) is 0 Å². The molecule has 126 valence electrons. The summed E-state index contributed by atoms with van der Waals surface area (Å²) in [5.74, 6) is -0.767. The summed E-state index contributed by atoms with van der Waals surface area (Å²) in [5, 5.41) is 1.96. The minimum Gasteiger partial charge on any atom is -0.303 e. The molecule has 3 rings (SSSR count). The van der Waals surface area contributed by atoms with E-state index in [2.05, 4.69) is 5.48 Å². The molecule has 1 saturated heterocycles. The normalized spacial score (nSPS) is 20.4. The predicted octanol–water partition coefficient (Wildman–Crippen LogP) is 3.22. The van der Waals surface area contributed by atoms with Crippen molar-refractivity contribution >= 4 is 28.8 Å². The molecule has 1 aliphatic rings. The Morgan fingerprint density at radius 2 is 2.08 bits per heavy atom. The minimum absolute atomic E-state index is 0.0473. The number of hydrogen-bond donors (Lipinski definition) is 1. The average molecular weight is 344 g/mol. The van der Waals surface area contributed by atoms with Gasteiger partial charge in [-0.2, -0.15) is 0 Å². The highest BCUT2D eigenvalue weighted by atomic mass is 32.1. The highest BCUT2D eigenvalue weighted by Crippen LogP contribution is 2.43. The van der Waals surface area contributed by atoms with Gasteiger partial charge in [-0.05, 0) is 37.4 Å². The van der Waals surface area contributed by atoms with Crippen molar-refractivity contribution in [2.24, 2.45) is 5.92 Å². The fraction of sp³-hybridized carbons (Fsp3) is 0.333. The number of hydroxylamine groups is 1. The van der Waals surface area contributed by atoms with Crippen molar-refractivity contribution in [3.05, 3.63) is 52.2 Å². The zero-order valence-electron chi connectivity index (χ0n) is 13.7. The van der Waals surface area contributed by atoms with Crippen molar-refractivity contribution in [2.75, 3.05) is 11.5 Å². The summed E-state index contributed by atoms with van der Waals surface area (Å²) in [6.07, 6.45) is 0.176. The van der Waals surface area contributed by atoms with Gasteiger partial charge in [0.15, 0.2) is 0 Å². The molecule has 2 aromatic rings. The molecule has 0 radical (unpaired) electrons. The molecule has 1 aromatic heterocycles. The summed E-state index contributed by atoms with van der Waals surface area (Å²) in [6.45, 7) is 4.19. The molecule has 1 aromatic carbocycles. The van der Waals surface area contributed by atoms with Crippen LogP contribution >= 0.6 is 11.3 Å².